The van der Waals surface area contributed by atoms with Crippen molar-refractivity contribution in [1.29, 1.82) is 0 Å². The van der Waals surface area contributed by atoms with Crippen LogP contribution in [0.1, 0.15) is 36.5 Å². The second kappa shape index (κ2) is 8.31. The third kappa shape index (κ3) is 4.36. The minimum Gasteiger partial charge on any atom is -0.322 e. The first kappa shape index (κ1) is 17.0. The third-order valence-electron chi connectivity index (χ3n) is 3.64. The van der Waals surface area contributed by atoms with E-state index in [0.29, 0.717) is 5.56 Å². The van der Waals surface area contributed by atoms with Crippen molar-refractivity contribution in [3.05, 3.63) is 54.1 Å². The summed E-state index contributed by atoms with van der Waals surface area (Å²) < 4.78 is 2.21. The molecule has 124 valence electrons. The van der Waals surface area contributed by atoms with Crippen LogP contribution < -0.4 is 5.32 Å². The molecule has 1 aromatic heterocycles. The van der Waals surface area contributed by atoms with Gasteiger partial charge in [0, 0.05) is 17.0 Å². The molecular weight excluding hydrogens is 336 g/mol. The van der Waals surface area contributed by atoms with E-state index in [1.807, 2.05) is 60.3 Å². The van der Waals surface area contributed by atoms with Crippen LogP contribution >= 0.6 is 23.1 Å². The van der Waals surface area contributed by atoms with Crippen molar-refractivity contribution in [2.45, 2.75) is 30.5 Å². The van der Waals surface area contributed by atoms with E-state index < -0.39 is 0 Å². The highest BCUT2D eigenvalue weighted by molar-refractivity contribution is 8.01. The quantitative estimate of drug-likeness (QED) is 0.428. The van der Waals surface area contributed by atoms with Gasteiger partial charge in [0.1, 0.15) is 0 Å². The fourth-order valence-electron chi connectivity index (χ4n) is 2.35. The lowest BCUT2D eigenvalue weighted by Gasteiger charge is -2.04. The van der Waals surface area contributed by atoms with Gasteiger partial charge in [0.05, 0.1) is 10.2 Å². The maximum absolute atomic E-state index is 12.2. The van der Waals surface area contributed by atoms with E-state index in [2.05, 4.69) is 17.2 Å². The zero-order chi connectivity index (χ0) is 16.8. The van der Waals surface area contributed by atoms with Gasteiger partial charge >= 0.3 is 0 Å². The minimum atomic E-state index is -0.0892. The van der Waals surface area contributed by atoms with E-state index in [-0.39, 0.29) is 5.91 Å². The van der Waals surface area contributed by atoms with Crippen LogP contribution in [0.15, 0.2) is 52.9 Å². The van der Waals surface area contributed by atoms with Gasteiger partial charge < -0.3 is 5.32 Å². The van der Waals surface area contributed by atoms with Crippen molar-refractivity contribution in [3.63, 3.8) is 0 Å². The van der Waals surface area contributed by atoms with Gasteiger partial charge in [-0.25, -0.2) is 4.98 Å². The van der Waals surface area contributed by atoms with Crippen molar-refractivity contribution < 1.29 is 4.79 Å². The Kier molecular flexibility index (Phi) is 5.88. The standard InChI is InChI=1S/C19H20N2OS2/c1-2-3-7-12-23-19-21-16-11-10-15(13-17(16)24-19)20-18(22)14-8-5-4-6-9-14/h4-6,8-11,13H,2-3,7,12H2,1H3,(H,20,22). The van der Waals surface area contributed by atoms with Crippen LogP contribution in [0.3, 0.4) is 0 Å². The second-order valence-electron chi connectivity index (χ2n) is 5.54. The molecule has 0 saturated carbocycles. The van der Waals surface area contributed by atoms with Crippen LogP contribution in [0.4, 0.5) is 5.69 Å². The number of anilines is 1. The molecule has 3 rings (SSSR count). The van der Waals surface area contributed by atoms with Gasteiger partial charge in [0.2, 0.25) is 0 Å². The molecule has 0 atom stereocenters. The van der Waals surface area contributed by atoms with Gasteiger partial charge in [0.15, 0.2) is 4.34 Å². The average molecular weight is 357 g/mol. The first-order chi connectivity index (χ1) is 11.8. The number of nitrogens with zero attached hydrogens (tertiary/aromatic N) is 1. The van der Waals surface area contributed by atoms with Gasteiger partial charge in [-0.2, -0.15) is 0 Å². The first-order valence-electron chi connectivity index (χ1n) is 8.16. The summed E-state index contributed by atoms with van der Waals surface area (Å²) in [4.78, 5) is 16.9. The molecule has 1 heterocycles. The number of rotatable bonds is 7. The lowest BCUT2D eigenvalue weighted by Crippen LogP contribution is -2.11. The Balaban J connectivity index is 1.68. The number of thioether (sulfide) groups is 1. The van der Waals surface area contributed by atoms with Gasteiger partial charge in [-0.1, -0.05) is 49.7 Å². The molecule has 0 bridgehead atoms. The highest BCUT2D eigenvalue weighted by atomic mass is 32.2. The van der Waals surface area contributed by atoms with Crippen molar-refractivity contribution in [1.82, 2.24) is 4.98 Å². The Labute approximate surface area is 150 Å². The fourth-order valence-corrected chi connectivity index (χ4v) is 4.52. The van der Waals surface area contributed by atoms with Crippen LogP contribution in [-0.4, -0.2) is 16.6 Å². The van der Waals surface area contributed by atoms with Crippen LogP contribution in [0, 0.1) is 0 Å². The number of fused-ring (bicyclic) bond motifs is 1. The molecule has 0 fully saturated rings. The largest absolute Gasteiger partial charge is 0.322 e. The molecule has 24 heavy (non-hydrogen) atoms. The van der Waals surface area contributed by atoms with Crippen molar-refractivity contribution in [2.75, 3.05) is 11.1 Å². The third-order valence-corrected chi connectivity index (χ3v) is 5.88. The first-order valence-corrected chi connectivity index (χ1v) is 9.96. The summed E-state index contributed by atoms with van der Waals surface area (Å²) in [5, 5.41) is 2.95. The van der Waals surface area contributed by atoms with E-state index >= 15 is 0 Å². The highest BCUT2D eigenvalue weighted by Crippen LogP contribution is 2.31. The van der Waals surface area contributed by atoms with Gasteiger partial charge in [-0.15, -0.1) is 11.3 Å². The summed E-state index contributed by atoms with van der Waals surface area (Å²) in [5.74, 6) is 1.03. The van der Waals surface area contributed by atoms with Crippen LogP contribution in [-0.2, 0) is 0 Å². The second-order valence-corrected chi connectivity index (χ2v) is 7.91. The van der Waals surface area contributed by atoms with Gasteiger partial charge in [-0.3, -0.25) is 4.79 Å². The maximum Gasteiger partial charge on any atom is 0.255 e. The summed E-state index contributed by atoms with van der Waals surface area (Å²) in [7, 11) is 0. The summed E-state index contributed by atoms with van der Waals surface area (Å²) >= 11 is 3.52. The Hall–Kier alpha value is -1.85. The van der Waals surface area contributed by atoms with Crippen LogP contribution in [0.2, 0.25) is 0 Å². The predicted octanol–water partition coefficient (Wildman–Crippen LogP) is 5.83. The number of nitrogens with one attached hydrogen (secondary N) is 1. The molecule has 2 aromatic carbocycles. The smallest absolute Gasteiger partial charge is 0.255 e. The molecule has 1 amide bonds. The Morgan fingerprint density at radius 2 is 2.00 bits per heavy atom. The van der Waals surface area contributed by atoms with Crippen molar-refractivity contribution in [3.8, 4) is 0 Å². The number of thiazole rings is 1. The molecule has 1 N–H and O–H groups in total. The molecule has 0 aliphatic rings. The van der Waals surface area contributed by atoms with E-state index in [4.69, 9.17) is 0 Å². The zero-order valence-corrected chi connectivity index (χ0v) is 15.3. The number of benzene rings is 2. The number of hydrogen-bond acceptors (Lipinski definition) is 4. The monoisotopic (exact) mass is 356 g/mol. The normalized spacial score (nSPS) is 10.9. The molecule has 0 spiro atoms. The molecule has 3 nitrogen and oxygen atoms in total. The van der Waals surface area contributed by atoms with Crippen molar-refractivity contribution in [2.24, 2.45) is 0 Å². The fraction of sp³-hybridized carbons (Fsp3) is 0.263. The lowest BCUT2D eigenvalue weighted by atomic mass is 10.2. The summed E-state index contributed by atoms with van der Waals surface area (Å²) in [5.41, 5.74) is 2.47. The molecule has 0 radical (unpaired) electrons. The van der Waals surface area contributed by atoms with Crippen LogP contribution in [0.25, 0.3) is 10.2 Å². The summed E-state index contributed by atoms with van der Waals surface area (Å²) in [6, 6.07) is 15.1. The van der Waals surface area contributed by atoms with E-state index in [9.17, 15) is 4.79 Å². The SMILES string of the molecule is CCCCCSc1nc2ccc(NC(=O)c3ccccc3)cc2s1. The Morgan fingerprint density at radius 1 is 1.17 bits per heavy atom. The molecule has 0 unspecified atom stereocenters. The molecule has 0 aliphatic carbocycles. The molecule has 5 heteroatoms. The van der Waals surface area contributed by atoms with Crippen molar-refractivity contribution >= 4 is 44.9 Å². The summed E-state index contributed by atoms with van der Waals surface area (Å²) in [6.45, 7) is 2.22. The van der Waals surface area contributed by atoms with E-state index in [1.165, 1.54) is 19.3 Å². The number of carbonyl (C=O) groups excluding carboxylic acids is 1. The van der Waals surface area contributed by atoms with Crippen LogP contribution in [0.5, 0.6) is 0 Å². The maximum atomic E-state index is 12.2. The van der Waals surface area contributed by atoms with Gasteiger partial charge in [0.25, 0.3) is 5.91 Å². The van der Waals surface area contributed by atoms with E-state index in [1.54, 1.807) is 11.3 Å². The highest BCUT2D eigenvalue weighted by Gasteiger charge is 2.08. The molecule has 0 saturated heterocycles. The number of amides is 1. The predicted molar refractivity (Wildman–Crippen MR) is 104 cm³/mol. The molecular formula is C19H20N2OS2. The lowest BCUT2D eigenvalue weighted by molar-refractivity contribution is 0.102. The summed E-state index contributed by atoms with van der Waals surface area (Å²) in [6.07, 6.45) is 3.74. The number of hydrogen-bond donors (Lipinski definition) is 1. The Morgan fingerprint density at radius 3 is 2.79 bits per heavy atom. The van der Waals surface area contributed by atoms with Gasteiger partial charge in [-0.05, 0) is 36.8 Å². The molecule has 0 aliphatic heterocycles. The minimum absolute atomic E-state index is 0.0892. The number of aromatic nitrogens is 1. The van der Waals surface area contributed by atoms with E-state index in [0.717, 1.165) is 26.0 Å². The number of carbonyl (C=O) groups is 1. The average Bonchev–Trinajstić information content (AvgIpc) is 3.01. The topological polar surface area (TPSA) is 42.0 Å². The molecule has 3 aromatic rings. The zero-order valence-electron chi connectivity index (χ0n) is 13.6. The Bertz CT molecular complexity index is 815. The number of unbranched alkanes of at least 4 members (excludes halogenated alkanes) is 2.